The van der Waals surface area contributed by atoms with Gasteiger partial charge in [0.15, 0.2) is 0 Å². The molecule has 1 amide bonds. The third kappa shape index (κ3) is 4.00. The first kappa shape index (κ1) is 16.3. The lowest BCUT2D eigenvalue weighted by molar-refractivity contribution is 0.0651. The molecule has 4 heteroatoms. The number of nitrogens with zero attached hydrogens (tertiary/aromatic N) is 1. The monoisotopic (exact) mass is 353 g/mol. The Balaban J connectivity index is 2.20. The van der Waals surface area contributed by atoms with Crippen LogP contribution in [0.4, 0.5) is 0 Å². The van der Waals surface area contributed by atoms with Crippen LogP contribution in [0.15, 0.2) is 18.2 Å². The first-order valence-electron chi connectivity index (χ1n) is 7.69. The highest BCUT2D eigenvalue weighted by Crippen LogP contribution is 2.26. The van der Waals surface area contributed by atoms with E-state index in [1.807, 2.05) is 30.0 Å². The molecule has 21 heavy (non-hydrogen) atoms. The van der Waals surface area contributed by atoms with E-state index >= 15 is 0 Å². The highest BCUT2D eigenvalue weighted by atomic mass is 79.9. The van der Waals surface area contributed by atoms with Gasteiger partial charge in [-0.05, 0) is 37.5 Å². The van der Waals surface area contributed by atoms with Crippen molar-refractivity contribution in [2.75, 3.05) is 19.0 Å². The molecule has 2 rings (SSSR count). The van der Waals surface area contributed by atoms with Crippen LogP contribution in [-0.4, -0.2) is 35.8 Å². The van der Waals surface area contributed by atoms with Crippen LogP contribution in [0, 0.1) is 6.92 Å². The normalized spacial score (nSPS) is 15.8. The second kappa shape index (κ2) is 7.83. The number of hydrogen-bond donors (Lipinski definition) is 0. The largest absolute Gasteiger partial charge is 0.496 e. The topological polar surface area (TPSA) is 29.5 Å². The molecule has 0 heterocycles. The molecule has 1 aromatic rings. The van der Waals surface area contributed by atoms with E-state index in [2.05, 4.69) is 15.9 Å². The molecular formula is C17H24BrNO2. The van der Waals surface area contributed by atoms with Crippen molar-refractivity contribution >= 4 is 21.8 Å². The summed E-state index contributed by atoms with van der Waals surface area (Å²) < 4.78 is 5.34. The summed E-state index contributed by atoms with van der Waals surface area (Å²) >= 11 is 3.48. The Kier molecular flexibility index (Phi) is 6.09. The average molecular weight is 354 g/mol. The first-order chi connectivity index (χ1) is 10.2. The molecule has 116 valence electrons. The molecule has 0 bridgehead atoms. The molecule has 0 saturated heterocycles. The summed E-state index contributed by atoms with van der Waals surface area (Å²) in [5.74, 6) is 0.905. The van der Waals surface area contributed by atoms with Crippen molar-refractivity contribution in [3.8, 4) is 5.75 Å². The number of benzene rings is 1. The van der Waals surface area contributed by atoms with Crippen LogP contribution in [0.5, 0.6) is 5.75 Å². The van der Waals surface area contributed by atoms with Crippen LogP contribution in [0.3, 0.4) is 0 Å². The molecule has 1 fully saturated rings. The molecule has 0 radical (unpaired) electrons. The molecule has 0 unspecified atom stereocenters. The van der Waals surface area contributed by atoms with Gasteiger partial charge in [0.05, 0.1) is 7.11 Å². The molecule has 3 nitrogen and oxygen atoms in total. The van der Waals surface area contributed by atoms with E-state index in [0.29, 0.717) is 6.04 Å². The minimum atomic E-state index is 0.125. The van der Waals surface area contributed by atoms with Gasteiger partial charge in [0.1, 0.15) is 5.75 Å². The smallest absolute Gasteiger partial charge is 0.254 e. The van der Waals surface area contributed by atoms with Gasteiger partial charge in [-0.15, -0.1) is 0 Å². The van der Waals surface area contributed by atoms with E-state index in [1.54, 1.807) is 7.11 Å². The maximum atomic E-state index is 12.9. The zero-order valence-corrected chi connectivity index (χ0v) is 14.5. The standard InChI is InChI=1S/C17H24BrNO2/c1-13-8-9-14(12-16(13)21-2)17(20)19(11-10-18)15-6-4-3-5-7-15/h8-9,12,15H,3-7,10-11H2,1-2H3. The number of ether oxygens (including phenoxy) is 1. The average Bonchev–Trinajstić information content (AvgIpc) is 2.53. The third-order valence-corrected chi connectivity index (χ3v) is 4.61. The number of alkyl halides is 1. The summed E-state index contributed by atoms with van der Waals surface area (Å²) in [5, 5.41) is 0.818. The summed E-state index contributed by atoms with van der Waals surface area (Å²) in [6, 6.07) is 6.11. The first-order valence-corrected chi connectivity index (χ1v) is 8.81. The summed E-state index contributed by atoms with van der Waals surface area (Å²) in [6.07, 6.45) is 6.01. The molecular weight excluding hydrogens is 330 g/mol. The van der Waals surface area contributed by atoms with E-state index in [-0.39, 0.29) is 5.91 Å². The number of halogens is 1. The Morgan fingerprint density at radius 1 is 1.33 bits per heavy atom. The molecule has 1 aliphatic carbocycles. The summed E-state index contributed by atoms with van der Waals surface area (Å²) in [4.78, 5) is 14.9. The molecule has 0 N–H and O–H groups in total. The third-order valence-electron chi connectivity index (χ3n) is 4.26. The molecule has 1 saturated carbocycles. The molecule has 0 spiro atoms. The zero-order chi connectivity index (χ0) is 15.2. The number of methoxy groups -OCH3 is 1. The number of rotatable bonds is 5. The minimum absolute atomic E-state index is 0.125. The van der Waals surface area contributed by atoms with Crippen molar-refractivity contribution in [3.63, 3.8) is 0 Å². The number of amides is 1. The van der Waals surface area contributed by atoms with Crippen molar-refractivity contribution in [3.05, 3.63) is 29.3 Å². The van der Waals surface area contributed by atoms with Gasteiger partial charge in [0.2, 0.25) is 0 Å². The number of aryl methyl sites for hydroxylation is 1. The Bertz CT molecular complexity index is 484. The number of carbonyl (C=O) groups excluding carboxylic acids is 1. The van der Waals surface area contributed by atoms with E-state index in [0.717, 1.165) is 41.6 Å². The van der Waals surface area contributed by atoms with Crippen LogP contribution in [-0.2, 0) is 0 Å². The van der Waals surface area contributed by atoms with Gasteiger partial charge >= 0.3 is 0 Å². The van der Waals surface area contributed by atoms with Crippen LogP contribution in [0.1, 0.15) is 48.0 Å². The van der Waals surface area contributed by atoms with Crippen LogP contribution >= 0.6 is 15.9 Å². The fraction of sp³-hybridized carbons (Fsp3) is 0.588. The maximum absolute atomic E-state index is 12.9. The van der Waals surface area contributed by atoms with Gasteiger partial charge in [-0.25, -0.2) is 0 Å². The Labute approximate surface area is 135 Å². The predicted molar refractivity (Wildman–Crippen MR) is 89.4 cm³/mol. The quantitative estimate of drug-likeness (QED) is 0.743. The van der Waals surface area contributed by atoms with Crippen molar-refractivity contribution in [2.45, 2.75) is 45.1 Å². The van der Waals surface area contributed by atoms with E-state index < -0.39 is 0 Å². The number of carbonyl (C=O) groups is 1. The molecule has 1 aliphatic rings. The van der Waals surface area contributed by atoms with Crippen LogP contribution < -0.4 is 4.74 Å². The van der Waals surface area contributed by atoms with Gasteiger partial charge < -0.3 is 9.64 Å². The second-order valence-electron chi connectivity index (χ2n) is 5.66. The van der Waals surface area contributed by atoms with Crippen LogP contribution in [0.2, 0.25) is 0 Å². The molecule has 0 atom stereocenters. The highest BCUT2D eigenvalue weighted by molar-refractivity contribution is 9.09. The SMILES string of the molecule is COc1cc(C(=O)N(CCBr)C2CCCCC2)ccc1C. The summed E-state index contributed by atoms with van der Waals surface area (Å²) in [7, 11) is 1.65. The van der Waals surface area contributed by atoms with Gasteiger partial charge in [0, 0.05) is 23.5 Å². The van der Waals surface area contributed by atoms with Crippen molar-refractivity contribution < 1.29 is 9.53 Å². The zero-order valence-electron chi connectivity index (χ0n) is 12.9. The molecule has 0 aliphatic heterocycles. The van der Waals surface area contributed by atoms with Gasteiger partial charge in [0.25, 0.3) is 5.91 Å². The summed E-state index contributed by atoms with van der Waals surface area (Å²) in [6.45, 7) is 2.75. The van der Waals surface area contributed by atoms with Gasteiger partial charge in [-0.1, -0.05) is 41.3 Å². The van der Waals surface area contributed by atoms with Crippen molar-refractivity contribution in [2.24, 2.45) is 0 Å². The van der Waals surface area contributed by atoms with Crippen molar-refractivity contribution in [1.29, 1.82) is 0 Å². The van der Waals surface area contributed by atoms with Crippen LogP contribution in [0.25, 0.3) is 0 Å². The van der Waals surface area contributed by atoms with E-state index in [9.17, 15) is 4.79 Å². The number of hydrogen-bond acceptors (Lipinski definition) is 2. The molecule has 1 aromatic carbocycles. The summed E-state index contributed by atoms with van der Waals surface area (Å²) in [5.41, 5.74) is 1.78. The van der Waals surface area contributed by atoms with E-state index in [1.165, 1.54) is 19.3 Å². The van der Waals surface area contributed by atoms with Gasteiger partial charge in [-0.3, -0.25) is 4.79 Å². The highest BCUT2D eigenvalue weighted by Gasteiger charge is 2.26. The molecule has 0 aromatic heterocycles. The fourth-order valence-electron chi connectivity index (χ4n) is 3.05. The van der Waals surface area contributed by atoms with E-state index in [4.69, 9.17) is 4.74 Å². The maximum Gasteiger partial charge on any atom is 0.254 e. The minimum Gasteiger partial charge on any atom is -0.496 e. The second-order valence-corrected chi connectivity index (χ2v) is 6.46. The Hall–Kier alpha value is -1.03. The fourth-order valence-corrected chi connectivity index (χ4v) is 3.43. The lowest BCUT2D eigenvalue weighted by atomic mass is 9.93. The lowest BCUT2D eigenvalue weighted by Gasteiger charge is -2.34. The Morgan fingerprint density at radius 3 is 2.67 bits per heavy atom. The van der Waals surface area contributed by atoms with Gasteiger partial charge in [-0.2, -0.15) is 0 Å². The lowest BCUT2D eigenvalue weighted by Crippen LogP contribution is -2.42. The predicted octanol–water partition coefficient (Wildman–Crippen LogP) is 4.17. The van der Waals surface area contributed by atoms with Crippen molar-refractivity contribution in [1.82, 2.24) is 4.90 Å². The Morgan fingerprint density at radius 2 is 2.05 bits per heavy atom.